The van der Waals surface area contributed by atoms with Gasteiger partial charge in [-0.05, 0) is 31.5 Å². The lowest BCUT2D eigenvalue weighted by molar-refractivity contribution is -0.141. The van der Waals surface area contributed by atoms with Gasteiger partial charge in [-0.3, -0.25) is 4.79 Å². The fourth-order valence-electron chi connectivity index (χ4n) is 1.79. The summed E-state index contributed by atoms with van der Waals surface area (Å²) in [6.07, 6.45) is 0.445. The molecule has 1 N–H and O–H groups in total. The van der Waals surface area contributed by atoms with E-state index >= 15 is 0 Å². The van der Waals surface area contributed by atoms with Crippen molar-refractivity contribution >= 4 is 50.5 Å². The summed E-state index contributed by atoms with van der Waals surface area (Å²) in [6, 6.07) is 4.38. The van der Waals surface area contributed by atoms with E-state index in [0.29, 0.717) is 34.4 Å². The van der Waals surface area contributed by atoms with Crippen molar-refractivity contribution < 1.29 is 19.4 Å². The number of benzene rings is 1. The minimum atomic E-state index is -0.922. The first kappa shape index (κ1) is 19.4. The van der Waals surface area contributed by atoms with Crippen LogP contribution in [0.5, 0.6) is 0 Å². The zero-order valence-corrected chi connectivity index (χ0v) is 15.0. The lowest BCUT2D eigenvalue weighted by Crippen LogP contribution is -2.19. The number of alkyl halides is 1. The molecular formula is C14H17BrClN3O4. The summed E-state index contributed by atoms with van der Waals surface area (Å²) in [7, 11) is 0. The molecule has 0 spiro atoms. The van der Waals surface area contributed by atoms with Gasteiger partial charge in [0.25, 0.3) is 0 Å². The molecule has 0 saturated carbocycles. The maximum atomic E-state index is 11.0. The van der Waals surface area contributed by atoms with Gasteiger partial charge in [0.05, 0.1) is 12.1 Å². The van der Waals surface area contributed by atoms with Crippen LogP contribution in [0.1, 0.15) is 26.3 Å². The summed E-state index contributed by atoms with van der Waals surface area (Å²) in [6.45, 7) is 4.03. The van der Waals surface area contributed by atoms with Gasteiger partial charge in [0.15, 0.2) is 6.04 Å². The maximum absolute atomic E-state index is 11.0. The molecule has 9 heteroatoms. The largest absolute Gasteiger partial charge is 0.480 e. The quantitative estimate of drug-likeness (QED) is 0.606. The highest BCUT2D eigenvalue weighted by Crippen LogP contribution is 2.21. The first-order valence-corrected chi connectivity index (χ1v) is 8.39. The molecule has 0 amide bonds. The molecule has 1 aromatic carbocycles. The molecule has 0 bridgehead atoms. The summed E-state index contributed by atoms with van der Waals surface area (Å²) in [4.78, 5) is 21.2. The monoisotopic (exact) mass is 405 g/mol. The Morgan fingerprint density at radius 3 is 2.61 bits per heavy atom. The molecule has 1 unspecified atom stereocenters. The highest BCUT2D eigenvalue weighted by Gasteiger charge is 2.20. The van der Waals surface area contributed by atoms with E-state index in [0.717, 1.165) is 0 Å². The number of fused-ring (bicyclic) bond motifs is 1. The number of rotatable bonds is 5. The van der Waals surface area contributed by atoms with E-state index in [-0.39, 0.29) is 5.97 Å². The molecule has 1 atom stereocenters. The van der Waals surface area contributed by atoms with Crippen LogP contribution >= 0.6 is 27.5 Å². The average molecular weight is 407 g/mol. The summed E-state index contributed by atoms with van der Waals surface area (Å²) in [5.41, 5.74) is 1.28. The Hall–Kier alpha value is -1.67. The zero-order valence-electron chi connectivity index (χ0n) is 12.7. The van der Waals surface area contributed by atoms with Crippen LogP contribution in [0.3, 0.4) is 0 Å². The number of esters is 1. The number of halogens is 2. The van der Waals surface area contributed by atoms with Crippen LogP contribution in [-0.4, -0.2) is 44.0 Å². The fraction of sp³-hybridized carbons (Fsp3) is 0.429. The van der Waals surface area contributed by atoms with Gasteiger partial charge in [-0.2, -0.15) is 0 Å². The van der Waals surface area contributed by atoms with Crippen molar-refractivity contribution in [2.75, 3.05) is 11.9 Å². The molecule has 0 fully saturated rings. The number of ether oxygens (including phenoxy) is 1. The van der Waals surface area contributed by atoms with Crippen molar-refractivity contribution in [1.82, 2.24) is 15.0 Å². The minimum absolute atomic E-state index is 0.206. The van der Waals surface area contributed by atoms with E-state index in [1.807, 2.05) is 0 Å². The Morgan fingerprint density at radius 2 is 2.13 bits per heavy atom. The highest BCUT2D eigenvalue weighted by molar-refractivity contribution is 9.09. The number of aliphatic carboxylic acids is 1. The standard InChI is InChI=1S/C10H10ClN3O2.C4H7BrO2/c1-2-8(10(15)16)14-9-5-6(11)3-4-7(9)12-13-14;1-2-7-4(6)3-5/h3-5,8H,2H2,1H3,(H,15,16);2-3H2,1H3. The Kier molecular flexibility index (Phi) is 7.97. The molecule has 2 aromatic rings. The van der Waals surface area contributed by atoms with Gasteiger partial charge in [0, 0.05) is 5.02 Å². The second-order valence-corrected chi connectivity index (χ2v) is 5.37. The molecule has 0 radical (unpaired) electrons. The molecular weight excluding hydrogens is 390 g/mol. The first-order valence-electron chi connectivity index (χ1n) is 6.89. The Labute approximate surface area is 146 Å². The number of aromatic nitrogens is 3. The van der Waals surface area contributed by atoms with Gasteiger partial charge in [-0.25, -0.2) is 9.48 Å². The van der Waals surface area contributed by atoms with Crippen LogP contribution in [0.15, 0.2) is 18.2 Å². The molecule has 0 aliphatic rings. The third kappa shape index (κ3) is 5.47. The number of carbonyl (C=O) groups is 2. The zero-order chi connectivity index (χ0) is 17.4. The van der Waals surface area contributed by atoms with E-state index in [1.165, 1.54) is 4.68 Å². The summed E-state index contributed by atoms with van der Waals surface area (Å²) < 4.78 is 5.90. The van der Waals surface area contributed by atoms with Crippen LogP contribution < -0.4 is 0 Å². The first-order chi connectivity index (χ1) is 10.9. The van der Waals surface area contributed by atoms with Crippen molar-refractivity contribution in [1.29, 1.82) is 0 Å². The van der Waals surface area contributed by atoms with Crippen LogP contribution in [0.25, 0.3) is 11.0 Å². The van der Waals surface area contributed by atoms with E-state index < -0.39 is 12.0 Å². The van der Waals surface area contributed by atoms with Crippen LogP contribution in [0.4, 0.5) is 0 Å². The average Bonchev–Trinajstić information content (AvgIpc) is 2.91. The topological polar surface area (TPSA) is 94.3 Å². The number of carbonyl (C=O) groups excluding carboxylic acids is 1. The number of hydrogen-bond acceptors (Lipinski definition) is 5. The van der Waals surface area contributed by atoms with Crippen molar-refractivity contribution in [3.05, 3.63) is 23.2 Å². The number of carboxylic acid groups (broad SMARTS) is 1. The predicted octanol–water partition coefficient (Wildman–Crippen LogP) is 3.06. The number of carboxylic acids is 1. The Balaban J connectivity index is 0.000000322. The number of nitrogens with zero attached hydrogens (tertiary/aromatic N) is 3. The normalized spacial score (nSPS) is 11.5. The molecule has 2 rings (SSSR count). The van der Waals surface area contributed by atoms with Crippen molar-refractivity contribution in [3.63, 3.8) is 0 Å². The minimum Gasteiger partial charge on any atom is -0.480 e. The van der Waals surface area contributed by atoms with E-state index in [1.54, 1.807) is 32.0 Å². The van der Waals surface area contributed by atoms with Gasteiger partial charge in [-0.15, -0.1) is 5.10 Å². The molecule has 0 aliphatic heterocycles. The smallest absolute Gasteiger partial charge is 0.328 e. The van der Waals surface area contributed by atoms with Crippen LogP contribution in [-0.2, 0) is 14.3 Å². The fourth-order valence-corrected chi connectivity index (χ4v) is 2.12. The van der Waals surface area contributed by atoms with E-state index in [2.05, 4.69) is 31.0 Å². The van der Waals surface area contributed by atoms with Crippen molar-refractivity contribution in [2.45, 2.75) is 26.3 Å². The lowest BCUT2D eigenvalue weighted by atomic mass is 10.2. The predicted molar refractivity (Wildman–Crippen MR) is 89.9 cm³/mol. The van der Waals surface area contributed by atoms with E-state index in [9.17, 15) is 9.59 Å². The highest BCUT2D eigenvalue weighted by atomic mass is 79.9. The molecule has 1 heterocycles. The molecule has 0 aliphatic carbocycles. The molecule has 23 heavy (non-hydrogen) atoms. The second kappa shape index (κ2) is 9.46. The van der Waals surface area contributed by atoms with Gasteiger partial charge in [0.2, 0.25) is 0 Å². The van der Waals surface area contributed by atoms with Crippen LogP contribution in [0, 0.1) is 0 Å². The van der Waals surface area contributed by atoms with Crippen molar-refractivity contribution in [3.8, 4) is 0 Å². The van der Waals surface area contributed by atoms with Gasteiger partial charge in [-0.1, -0.05) is 39.7 Å². The molecule has 126 valence electrons. The van der Waals surface area contributed by atoms with Gasteiger partial charge >= 0.3 is 11.9 Å². The summed E-state index contributed by atoms with van der Waals surface area (Å²) in [5.74, 6) is -1.13. The second-order valence-electron chi connectivity index (χ2n) is 4.37. The van der Waals surface area contributed by atoms with Crippen molar-refractivity contribution in [2.24, 2.45) is 0 Å². The molecule has 7 nitrogen and oxygen atoms in total. The van der Waals surface area contributed by atoms with Gasteiger partial charge < -0.3 is 9.84 Å². The number of hydrogen-bond donors (Lipinski definition) is 1. The summed E-state index contributed by atoms with van der Waals surface area (Å²) in [5, 5.41) is 17.6. The maximum Gasteiger partial charge on any atom is 0.328 e. The third-order valence-electron chi connectivity index (χ3n) is 2.81. The molecule has 0 saturated heterocycles. The Bertz CT molecular complexity index is 677. The summed E-state index contributed by atoms with van der Waals surface area (Å²) >= 11 is 8.80. The third-order valence-corrected chi connectivity index (χ3v) is 3.51. The van der Waals surface area contributed by atoms with E-state index in [4.69, 9.17) is 16.7 Å². The lowest BCUT2D eigenvalue weighted by Gasteiger charge is -2.10. The molecule has 1 aromatic heterocycles. The van der Waals surface area contributed by atoms with Crippen LogP contribution in [0.2, 0.25) is 5.02 Å². The van der Waals surface area contributed by atoms with Gasteiger partial charge in [0.1, 0.15) is 10.8 Å². The Morgan fingerprint density at radius 1 is 1.43 bits per heavy atom. The SMILES string of the molecule is CCC(C(=O)O)n1nnc2ccc(Cl)cc21.CCOC(=O)CBr.